The van der Waals surface area contributed by atoms with Crippen molar-refractivity contribution in [1.29, 1.82) is 0 Å². The molecule has 0 aliphatic carbocycles. The fourth-order valence-corrected chi connectivity index (χ4v) is 4.63. The second kappa shape index (κ2) is 9.44. The molecule has 34 heavy (non-hydrogen) atoms. The number of benzene rings is 2. The minimum Gasteiger partial charge on any atom is -0.467 e. The van der Waals surface area contributed by atoms with Crippen molar-refractivity contribution in [3.05, 3.63) is 89.1 Å². The average molecular weight is 496 g/mol. The Kier molecular flexibility index (Phi) is 6.21. The first-order valence-corrected chi connectivity index (χ1v) is 11.8. The van der Waals surface area contributed by atoms with E-state index in [1.807, 2.05) is 25.2 Å². The number of halogens is 2. The number of rotatable bonds is 6. The van der Waals surface area contributed by atoms with Gasteiger partial charge in [0.2, 0.25) is 0 Å². The van der Waals surface area contributed by atoms with Gasteiger partial charge in [-0.25, -0.2) is 9.40 Å². The van der Waals surface area contributed by atoms with Gasteiger partial charge in [-0.15, -0.1) is 10.2 Å². The van der Waals surface area contributed by atoms with E-state index >= 15 is 0 Å². The van der Waals surface area contributed by atoms with Crippen molar-refractivity contribution in [3.8, 4) is 11.4 Å². The molecule has 0 radical (unpaired) electrons. The van der Waals surface area contributed by atoms with Crippen LogP contribution in [-0.2, 0) is 11.8 Å². The molecule has 0 N–H and O–H groups in total. The molecule has 5 rings (SSSR count). The van der Waals surface area contributed by atoms with Crippen LogP contribution in [0.25, 0.3) is 11.4 Å². The van der Waals surface area contributed by atoms with Gasteiger partial charge in [0.05, 0.1) is 17.7 Å². The van der Waals surface area contributed by atoms with Gasteiger partial charge in [0.15, 0.2) is 11.0 Å². The second-order valence-electron chi connectivity index (χ2n) is 7.69. The van der Waals surface area contributed by atoms with E-state index in [9.17, 15) is 9.18 Å². The van der Waals surface area contributed by atoms with Gasteiger partial charge in [0.1, 0.15) is 17.6 Å². The summed E-state index contributed by atoms with van der Waals surface area (Å²) in [4.78, 5) is 13.2. The van der Waals surface area contributed by atoms with Crippen LogP contribution in [0.5, 0.6) is 0 Å². The third-order valence-electron chi connectivity index (χ3n) is 5.48. The third kappa shape index (κ3) is 4.49. The molecule has 0 fully saturated rings. The minimum atomic E-state index is -0.331. The highest BCUT2D eigenvalue weighted by Crippen LogP contribution is 2.34. The predicted molar refractivity (Wildman–Crippen MR) is 128 cm³/mol. The van der Waals surface area contributed by atoms with Gasteiger partial charge in [-0.05, 0) is 54.1 Å². The molecule has 0 saturated heterocycles. The summed E-state index contributed by atoms with van der Waals surface area (Å²) in [5.74, 6) is 0.878. The van der Waals surface area contributed by atoms with Crippen molar-refractivity contribution in [2.45, 2.75) is 17.6 Å². The standard InChI is InChI=1S/C24H19ClFN5O2S/c1-30-23(16-6-10-18(26)11-7-16)27-28-24(30)34-14-22(32)31-20(21-3-2-12-33-21)13-19(29-31)15-4-8-17(25)9-5-15/h2-12,20H,13-14H2,1H3. The van der Waals surface area contributed by atoms with E-state index in [1.54, 1.807) is 41.2 Å². The molecule has 7 nitrogen and oxygen atoms in total. The summed E-state index contributed by atoms with van der Waals surface area (Å²) in [7, 11) is 1.81. The number of furan rings is 1. The zero-order valence-corrected chi connectivity index (χ0v) is 19.6. The highest BCUT2D eigenvalue weighted by molar-refractivity contribution is 7.99. The van der Waals surface area contributed by atoms with Gasteiger partial charge in [0, 0.05) is 24.1 Å². The molecule has 1 unspecified atom stereocenters. The first kappa shape index (κ1) is 22.4. The molecular weight excluding hydrogens is 477 g/mol. The van der Waals surface area contributed by atoms with E-state index in [1.165, 1.54) is 28.9 Å². The Morgan fingerprint density at radius 2 is 1.85 bits per heavy atom. The first-order chi connectivity index (χ1) is 16.5. The summed E-state index contributed by atoms with van der Waals surface area (Å²) in [6, 6.07) is 16.7. The average Bonchev–Trinajstić information content (AvgIpc) is 3.59. The first-order valence-electron chi connectivity index (χ1n) is 10.5. The van der Waals surface area contributed by atoms with Crippen molar-refractivity contribution < 1.29 is 13.6 Å². The Balaban J connectivity index is 1.34. The number of carbonyl (C=O) groups excluding carboxylic acids is 1. The monoisotopic (exact) mass is 495 g/mol. The summed E-state index contributed by atoms with van der Waals surface area (Å²) in [6.45, 7) is 0. The molecule has 1 atom stereocenters. The van der Waals surface area contributed by atoms with Gasteiger partial charge < -0.3 is 8.98 Å². The molecule has 3 heterocycles. The van der Waals surface area contributed by atoms with Crippen LogP contribution in [0.2, 0.25) is 5.02 Å². The van der Waals surface area contributed by atoms with Crippen molar-refractivity contribution >= 4 is 35.0 Å². The molecule has 4 aromatic rings. The van der Waals surface area contributed by atoms with E-state index in [4.69, 9.17) is 16.0 Å². The smallest absolute Gasteiger partial charge is 0.253 e. The lowest BCUT2D eigenvalue weighted by Gasteiger charge is -2.19. The Labute approximate surface area is 204 Å². The second-order valence-corrected chi connectivity index (χ2v) is 9.07. The highest BCUT2D eigenvalue weighted by atomic mass is 35.5. The van der Waals surface area contributed by atoms with Gasteiger partial charge >= 0.3 is 0 Å². The maximum Gasteiger partial charge on any atom is 0.253 e. The molecular formula is C24H19ClFN5O2S. The highest BCUT2D eigenvalue weighted by Gasteiger charge is 2.35. The minimum absolute atomic E-state index is 0.115. The number of hydrogen-bond acceptors (Lipinski definition) is 6. The van der Waals surface area contributed by atoms with Crippen LogP contribution >= 0.6 is 23.4 Å². The Hall–Kier alpha value is -3.43. The lowest BCUT2D eigenvalue weighted by Crippen LogP contribution is -2.28. The molecule has 172 valence electrons. The number of nitrogens with zero attached hydrogens (tertiary/aromatic N) is 5. The normalized spacial score (nSPS) is 15.6. The van der Waals surface area contributed by atoms with E-state index in [-0.39, 0.29) is 23.5 Å². The zero-order chi connectivity index (χ0) is 23.7. The number of hydrogen-bond donors (Lipinski definition) is 0. The summed E-state index contributed by atoms with van der Waals surface area (Å²) in [5.41, 5.74) is 2.43. The SMILES string of the molecule is Cn1c(SCC(=O)N2N=C(c3ccc(Cl)cc3)CC2c2ccco2)nnc1-c1ccc(F)cc1. The Morgan fingerprint density at radius 3 is 2.56 bits per heavy atom. The maximum absolute atomic E-state index is 13.2. The van der Waals surface area contributed by atoms with Crippen LogP contribution in [0.4, 0.5) is 4.39 Å². The lowest BCUT2D eigenvalue weighted by atomic mass is 10.0. The fraction of sp³-hybridized carbons (Fsp3) is 0.167. The third-order valence-corrected chi connectivity index (χ3v) is 6.73. The number of hydrazone groups is 1. The number of thioether (sulfide) groups is 1. The van der Waals surface area contributed by atoms with Crippen LogP contribution in [0, 0.1) is 5.82 Å². The van der Waals surface area contributed by atoms with Crippen LogP contribution < -0.4 is 0 Å². The van der Waals surface area contributed by atoms with Crippen LogP contribution in [0.15, 0.2) is 81.6 Å². The van der Waals surface area contributed by atoms with Crippen LogP contribution in [0.1, 0.15) is 23.8 Å². The molecule has 2 aromatic heterocycles. The molecule has 0 spiro atoms. The fourth-order valence-electron chi connectivity index (χ4n) is 3.74. The predicted octanol–water partition coefficient (Wildman–Crippen LogP) is 5.34. The van der Waals surface area contributed by atoms with Crippen molar-refractivity contribution in [1.82, 2.24) is 19.8 Å². The van der Waals surface area contributed by atoms with Gasteiger partial charge in [-0.3, -0.25) is 4.79 Å². The Bertz CT molecular complexity index is 1340. The molecule has 0 saturated carbocycles. The number of amides is 1. The lowest BCUT2D eigenvalue weighted by molar-refractivity contribution is -0.130. The Morgan fingerprint density at radius 1 is 1.12 bits per heavy atom. The molecule has 2 aromatic carbocycles. The van der Waals surface area contributed by atoms with Gasteiger partial charge in [-0.2, -0.15) is 5.10 Å². The number of carbonyl (C=O) groups is 1. The van der Waals surface area contributed by atoms with Gasteiger partial charge in [0.25, 0.3) is 5.91 Å². The largest absolute Gasteiger partial charge is 0.467 e. The van der Waals surface area contributed by atoms with Crippen LogP contribution in [-0.4, -0.2) is 37.1 Å². The van der Waals surface area contributed by atoms with E-state index in [0.717, 1.165) is 16.8 Å². The quantitative estimate of drug-likeness (QED) is 0.337. The van der Waals surface area contributed by atoms with Crippen molar-refractivity contribution in [2.24, 2.45) is 12.1 Å². The molecule has 10 heteroatoms. The zero-order valence-electron chi connectivity index (χ0n) is 18.1. The van der Waals surface area contributed by atoms with Crippen molar-refractivity contribution in [2.75, 3.05) is 5.75 Å². The molecule has 1 aliphatic heterocycles. The summed E-state index contributed by atoms with van der Waals surface area (Å²) >= 11 is 7.28. The van der Waals surface area contributed by atoms with Gasteiger partial charge in [-0.1, -0.05) is 35.5 Å². The van der Waals surface area contributed by atoms with E-state index in [2.05, 4.69) is 15.3 Å². The van der Waals surface area contributed by atoms with Crippen molar-refractivity contribution in [3.63, 3.8) is 0 Å². The topological polar surface area (TPSA) is 76.5 Å². The maximum atomic E-state index is 13.2. The molecule has 1 amide bonds. The molecule has 1 aliphatic rings. The summed E-state index contributed by atoms with van der Waals surface area (Å²) in [6.07, 6.45) is 2.12. The van der Waals surface area contributed by atoms with Crippen LogP contribution in [0.3, 0.4) is 0 Å². The van der Waals surface area contributed by atoms with E-state index < -0.39 is 0 Å². The van der Waals surface area contributed by atoms with E-state index in [0.29, 0.717) is 28.2 Å². The summed E-state index contributed by atoms with van der Waals surface area (Å²) < 4.78 is 20.6. The summed E-state index contributed by atoms with van der Waals surface area (Å²) in [5, 5.41) is 15.7. The molecule has 0 bridgehead atoms. The number of aromatic nitrogens is 3.